The Morgan fingerprint density at radius 1 is 1.18 bits per heavy atom. The Morgan fingerprint density at radius 2 is 2.00 bits per heavy atom. The number of nitrogens with zero attached hydrogens (tertiary/aromatic N) is 5. The Bertz CT molecular complexity index is 1030. The number of aromatic nitrogens is 4. The van der Waals surface area contributed by atoms with Crippen LogP contribution in [0.3, 0.4) is 0 Å². The van der Waals surface area contributed by atoms with Crippen molar-refractivity contribution in [2.75, 3.05) is 11.4 Å². The first-order valence-corrected chi connectivity index (χ1v) is 9.41. The fraction of sp³-hybridized carbons (Fsp3) is 0.333. The first kappa shape index (κ1) is 18.2. The molecule has 0 saturated carbocycles. The number of amides is 1. The number of hydrogen-bond donors (Lipinski definition) is 1. The number of pyridine rings is 1. The molecule has 1 aliphatic rings. The second-order valence-corrected chi connectivity index (χ2v) is 7.48. The molecule has 1 fully saturated rings. The Kier molecular flexibility index (Phi) is 4.58. The maximum Gasteiger partial charge on any atom is 0.227 e. The smallest absolute Gasteiger partial charge is 0.227 e. The molecule has 0 aliphatic carbocycles. The molecule has 144 valence electrons. The Morgan fingerprint density at radius 3 is 2.71 bits per heavy atom. The molecule has 0 bridgehead atoms. The van der Waals surface area contributed by atoms with Crippen molar-refractivity contribution < 1.29 is 9.90 Å². The van der Waals surface area contributed by atoms with Crippen LogP contribution in [0.25, 0.3) is 5.69 Å². The van der Waals surface area contributed by atoms with Gasteiger partial charge in [0, 0.05) is 48.4 Å². The van der Waals surface area contributed by atoms with E-state index in [0.717, 1.165) is 23.0 Å². The molecule has 0 unspecified atom stereocenters. The lowest BCUT2D eigenvalue weighted by Gasteiger charge is -2.17. The maximum absolute atomic E-state index is 12.7. The molecule has 1 saturated heterocycles. The van der Waals surface area contributed by atoms with Crippen molar-refractivity contribution in [3.63, 3.8) is 0 Å². The number of benzene rings is 1. The average molecular weight is 377 g/mol. The van der Waals surface area contributed by atoms with Crippen LogP contribution >= 0.6 is 0 Å². The minimum atomic E-state index is -0.0803. The van der Waals surface area contributed by atoms with E-state index in [1.54, 1.807) is 29.3 Å². The molecule has 1 aliphatic heterocycles. The summed E-state index contributed by atoms with van der Waals surface area (Å²) in [7, 11) is 0. The molecule has 1 aromatic carbocycles. The van der Waals surface area contributed by atoms with E-state index in [1.807, 2.05) is 29.8 Å². The molecule has 7 heteroatoms. The Labute approximate surface area is 163 Å². The average Bonchev–Trinajstić information content (AvgIpc) is 3.25. The lowest BCUT2D eigenvalue weighted by molar-refractivity contribution is -0.117. The summed E-state index contributed by atoms with van der Waals surface area (Å²) in [4.78, 5) is 23.4. The third-order valence-electron chi connectivity index (χ3n) is 4.92. The summed E-state index contributed by atoms with van der Waals surface area (Å²) in [5.74, 6) is 1.80. The molecule has 1 atom stereocenters. The summed E-state index contributed by atoms with van der Waals surface area (Å²) in [6.07, 6.45) is 2.11. The molecule has 7 nitrogen and oxygen atoms in total. The third-order valence-corrected chi connectivity index (χ3v) is 4.92. The van der Waals surface area contributed by atoms with Gasteiger partial charge < -0.3 is 10.0 Å². The van der Waals surface area contributed by atoms with Crippen LogP contribution < -0.4 is 4.90 Å². The van der Waals surface area contributed by atoms with Crippen molar-refractivity contribution in [1.82, 2.24) is 19.7 Å². The van der Waals surface area contributed by atoms with Crippen molar-refractivity contribution in [3.05, 3.63) is 59.9 Å². The van der Waals surface area contributed by atoms with Crippen LogP contribution in [-0.4, -0.2) is 37.3 Å². The van der Waals surface area contributed by atoms with Gasteiger partial charge in [0.05, 0.1) is 5.69 Å². The highest BCUT2D eigenvalue weighted by atomic mass is 16.3. The molecule has 1 N–H and O–H groups in total. The zero-order chi connectivity index (χ0) is 19.8. The quantitative estimate of drug-likeness (QED) is 0.754. The minimum Gasteiger partial charge on any atom is -0.508 e. The van der Waals surface area contributed by atoms with Crippen molar-refractivity contribution in [1.29, 1.82) is 0 Å². The van der Waals surface area contributed by atoms with Gasteiger partial charge in [0.25, 0.3) is 0 Å². The van der Waals surface area contributed by atoms with Gasteiger partial charge in [-0.1, -0.05) is 19.9 Å². The van der Waals surface area contributed by atoms with Gasteiger partial charge >= 0.3 is 0 Å². The summed E-state index contributed by atoms with van der Waals surface area (Å²) in [5.41, 5.74) is 2.49. The molecule has 4 rings (SSSR count). The van der Waals surface area contributed by atoms with Crippen molar-refractivity contribution >= 4 is 11.6 Å². The third kappa shape index (κ3) is 3.35. The van der Waals surface area contributed by atoms with Gasteiger partial charge in [-0.3, -0.25) is 9.78 Å². The van der Waals surface area contributed by atoms with Gasteiger partial charge in [-0.2, -0.15) is 5.10 Å². The summed E-state index contributed by atoms with van der Waals surface area (Å²) in [6, 6.07) is 10.6. The number of anilines is 1. The van der Waals surface area contributed by atoms with Gasteiger partial charge in [0.15, 0.2) is 5.82 Å². The van der Waals surface area contributed by atoms with Gasteiger partial charge in [-0.15, -0.1) is 0 Å². The molecule has 0 spiro atoms. The van der Waals surface area contributed by atoms with Crippen LogP contribution in [0.15, 0.2) is 42.6 Å². The van der Waals surface area contributed by atoms with Gasteiger partial charge in [0.1, 0.15) is 11.6 Å². The lowest BCUT2D eigenvalue weighted by atomic mass is 10.1. The van der Waals surface area contributed by atoms with E-state index in [0.29, 0.717) is 18.7 Å². The van der Waals surface area contributed by atoms with E-state index in [1.165, 1.54) is 0 Å². The summed E-state index contributed by atoms with van der Waals surface area (Å²) in [6.45, 7) is 6.55. The molecule has 28 heavy (non-hydrogen) atoms. The van der Waals surface area contributed by atoms with Gasteiger partial charge in [-0.05, 0) is 31.2 Å². The van der Waals surface area contributed by atoms with Crippen LogP contribution in [0.4, 0.5) is 5.69 Å². The van der Waals surface area contributed by atoms with E-state index < -0.39 is 0 Å². The SMILES string of the molecule is Cc1cc(-n2nc(C(C)C)nc2[C@@H]2CC(=O)N(c3cccc(O)c3)C2)ccn1. The highest BCUT2D eigenvalue weighted by Gasteiger charge is 2.35. The van der Waals surface area contributed by atoms with Crippen LogP contribution in [0.2, 0.25) is 0 Å². The largest absolute Gasteiger partial charge is 0.508 e. The molecular weight excluding hydrogens is 354 g/mol. The second-order valence-electron chi connectivity index (χ2n) is 7.48. The van der Waals surface area contributed by atoms with E-state index in [2.05, 4.69) is 18.8 Å². The van der Waals surface area contributed by atoms with Crippen LogP contribution in [0, 0.1) is 6.92 Å². The van der Waals surface area contributed by atoms with Crippen molar-refractivity contribution in [2.45, 2.75) is 39.0 Å². The number of aromatic hydroxyl groups is 1. The van der Waals surface area contributed by atoms with Gasteiger partial charge in [0.2, 0.25) is 5.91 Å². The number of carbonyl (C=O) groups is 1. The standard InChI is InChI=1S/C21H23N5O2/c1-13(2)20-23-21(26(24-20)17-7-8-22-14(3)9-17)15-10-19(28)25(12-15)16-5-4-6-18(27)11-16/h4-9,11,13,15,27H,10,12H2,1-3H3/t15-/m1/s1. The van der Waals surface area contributed by atoms with Crippen molar-refractivity contribution in [2.24, 2.45) is 0 Å². The topological polar surface area (TPSA) is 84.1 Å². The summed E-state index contributed by atoms with van der Waals surface area (Å²) in [5, 5.41) is 14.5. The second kappa shape index (κ2) is 7.07. The zero-order valence-electron chi connectivity index (χ0n) is 16.2. The molecule has 3 aromatic rings. The zero-order valence-corrected chi connectivity index (χ0v) is 16.2. The molecule has 3 heterocycles. The van der Waals surface area contributed by atoms with Crippen molar-refractivity contribution in [3.8, 4) is 11.4 Å². The van der Waals surface area contributed by atoms with Crippen LogP contribution in [0.1, 0.15) is 49.4 Å². The van der Waals surface area contributed by atoms with E-state index >= 15 is 0 Å². The normalized spacial score (nSPS) is 16.9. The van der Waals surface area contributed by atoms with E-state index in [9.17, 15) is 9.90 Å². The Balaban J connectivity index is 1.72. The molecule has 1 amide bonds. The van der Waals surface area contributed by atoms with Crippen LogP contribution in [-0.2, 0) is 4.79 Å². The number of aryl methyl sites for hydroxylation is 1. The maximum atomic E-state index is 12.7. The molecule has 0 radical (unpaired) electrons. The number of carbonyl (C=O) groups excluding carboxylic acids is 1. The monoisotopic (exact) mass is 377 g/mol. The van der Waals surface area contributed by atoms with E-state index in [-0.39, 0.29) is 23.5 Å². The predicted molar refractivity (Wildman–Crippen MR) is 106 cm³/mol. The van der Waals surface area contributed by atoms with E-state index in [4.69, 9.17) is 10.1 Å². The summed E-state index contributed by atoms with van der Waals surface area (Å²) >= 11 is 0. The highest BCUT2D eigenvalue weighted by molar-refractivity contribution is 5.96. The fourth-order valence-electron chi connectivity index (χ4n) is 3.49. The lowest BCUT2D eigenvalue weighted by Crippen LogP contribution is -2.24. The highest BCUT2D eigenvalue weighted by Crippen LogP contribution is 2.33. The summed E-state index contributed by atoms with van der Waals surface area (Å²) < 4.78 is 1.84. The number of phenols is 1. The number of rotatable bonds is 4. The molecular formula is C21H23N5O2. The minimum absolute atomic E-state index is 0.0159. The number of hydrogen-bond acceptors (Lipinski definition) is 5. The first-order chi connectivity index (χ1) is 13.4. The number of phenolic OH excluding ortho intramolecular Hbond substituents is 1. The van der Waals surface area contributed by atoms with Gasteiger partial charge in [-0.25, -0.2) is 9.67 Å². The first-order valence-electron chi connectivity index (χ1n) is 9.41. The fourth-order valence-corrected chi connectivity index (χ4v) is 3.49. The Hall–Kier alpha value is -3.22. The van der Waals surface area contributed by atoms with Crippen LogP contribution in [0.5, 0.6) is 5.75 Å². The predicted octanol–water partition coefficient (Wildman–Crippen LogP) is 3.32. The molecule has 2 aromatic heterocycles.